The smallest absolute Gasteiger partial charge is 0.135 e. The van der Waals surface area contributed by atoms with E-state index in [2.05, 4.69) is 10.5 Å². The van der Waals surface area contributed by atoms with Gasteiger partial charge in [-0.2, -0.15) is 0 Å². The lowest BCUT2D eigenvalue weighted by molar-refractivity contribution is -0.0209. The van der Waals surface area contributed by atoms with Gasteiger partial charge in [-0.15, -0.1) is 0 Å². The molecule has 1 fully saturated rings. The summed E-state index contributed by atoms with van der Waals surface area (Å²) in [6.45, 7) is 2.95. The molecule has 0 saturated carbocycles. The lowest BCUT2D eigenvalue weighted by Gasteiger charge is -2.35. The maximum absolute atomic E-state index is 9.71. The number of aromatic nitrogens is 1. The van der Waals surface area contributed by atoms with Crippen molar-refractivity contribution in [2.45, 2.75) is 12.5 Å². The normalized spacial score (nSPS) is 21.3. The average molecular weight is 154 g/mol. The van der Waals surface area contributed by atoms with Crippen LogP contribution in [-0.2, 0) is 5.60 Å². The van der Waals surface area contributed by atoms with Crippen LogP contribution in [0.1, 0.15) is 11.5 Å². The number of rotatable bonds is 1. The van der Waals surface area contributed by atoms with E-state index in [9.17, 15) is 5.11 Å². The molecule has 60 valence electrons. The van der Waals surface area contributed by atoms with E-state index in [-0.39, 0.29) is 0 Å². The van der Waals surface area contributed by atoms with Crippen LogP contribution < -0.4 is 5.32 Å². The van der Waals surface area contributed by atoms with E-state index in [0.717, 1.165) is 5.76 Å². The third-order valence-electron chi connectivity index (χ3n) is 1.94. The molecule has 1 aliphatic heterocycles. The molecular formula is C7H10N2O2. The van der Waals surface area contributed by atoms with Gasteiger partial charge in [0.05, 0.1) is 0 Å². The first-order valence-corrected chi connectivity index (χ1v) is 3.58. The van der Waals surface area contributed by atoms with Gasteiger partial charge in [-0.1, -0.05) is 5.16 Å². The number of nitrogens with one attached hydrogen (secondary N) is 1. The Kier molecular flexibility index (Phi) is 1.27. The monoisotopic (exact) mass is 154 g/mol. The van der Waals surface area contributed by atoms with Gasteiger partial charge in [0.25, 0.3) is 0 Å². The maximum Gasteiger partial charge on any atom is 0.135 e. The van der Waals surface area contributed by atoms with Crippen molar-refractivity contribution in [1.29, 1.82) is 0 Å². The average Bonchev–Trinajstić information content (AvgIpc) is 2.31. The van der Waals surface area contributed by atoms with Crippen LogP contribution in [0.15, 0.2) is 10.6 Å². The molecule has 1 aliphatic rings. The number of nitrogens with zero attached hydrogens (tertiary/aromatic N) is 1. The number of hydrogen-bond acceptors (Lipinski definition) is 4. The Labute approximate surface area is 64.2 Å². The molecule has 4 nitrogen and oxygen atoms in total. The Morgan fingerprint density at radius 1 is 1.73 bits per heavy atom. The van der Waals surface area contributed by atoms with Crippen molar-refractivity contribution in [2.75, 3.05) is 13.1 Å². The fraction of sp³-hybridized carbons (Fsp3) is 0.571. The highest BCUT2D eigenvalue weighted by Crippen LogP contribution is 2.24. The minimum Gasteiger partial charge on any atom is -0.381 e. The van der Waals surface area contributed by atoms with Crippen LogP contribution in [-0.4, -0.2) is 23.4 Å². The molecule has 11 heavy (non-hydrogen) atoms. The van der Waals surface area contributed by atoms with Gasteiger partial charge in [0, 0.05) is 19.2 Å². The molecule has 4 heteroatoms. The highest BCUT2D eigenvalue weighted by molar-refractivity contribution is 5.17. The van der Waals surface area contributed by atoms with Gasteiger partial charge in [0.15, 0.2) is 0 Å². The van der Waals surface area contributed by atoms with Crippen molar-refractivity contribution >= 4 is 0 Å². The molecule has 2 heterocycles. The lowest BCUT2D eigenvalue weighted by atomic mass is 9.93. The molecule has 1 saturated heterocycles. The van der Waals surface area contributed by atoms with Crippen LogP contribution >= 0.6 is 0 Å². The van der Waals surface area contributed by atoms with Gasteiger partial charge in [-0.25, -0.2) is 0 Å². The van der Waals surface area contributed by atoms with Gasteiger partial charge in [-0.3, -0.25) is 0 Å². The summed E-state index contributed by atoms with van der Waals surface area (Å²) in [5.41, 5.74) is -0.147. The Morgan fingerprint density at radius 3 is 2.82 bits per heavy atom. The Hall–Kier alpha value is -0.870. The van der Waals surface area contributed by atoms with Crippen molar-refractivity contribution in [3.63, 3.8) is 0 Å². The van der Waals surface area contributed by atoms with Crippen molar-refractivity contribution < 1.29 is 9.63 Å². The highest BCUT2D eigenvalue weighted by atomic mass is 16.5. The zero-order valence-electron chi connectivity index (χ0n) is 6.29. The zero-order valence-corrected chi connectivity index (χ0v) is 6.29. The van der Waals surface area contributed by atoms with Gasteiger partial charge in [0.1, 0.15) is 17.1 Å². The number of β-amino-alcohol motifs (C(OH)–C–C–N with tert-alkyl or cyclic N) is 1. The van der Waals surface area contributed by atoms with Crippen LogP contribution in [0.25, 0.3) is 0 Å². The fourth-order valence-electron chi connectivity index (χ4n) is 1.13. The molecule has 0 radical (unpaired) electrons. The van der Waals surface area contributed by atoms with Crippen molar-refractivity contribution in [2.24, 2.45) is 0 Å². The SMILES string of the molecule is Cc1cc(C2(O)CNC2)no1. The van der Waals surface area contributed by atoms with Crippen LogP contribution in [0.4, 0.5) is 0 Å². The molecule has 1 aromatic heterocycles. The molecule has 1 aromatic rings. The predicted molar refractivity (Wildman–Crippen MR) is 38.0 cm³/mol. The highest BCUT2D eigenvalue weighted by Gasteiger charge is 2.38. The third kappa shape index (κ3) is 0.948. The topological polar surface area (TPSA) is 58.3 Å². The van der Waals surface area contributed by atoms with Crippen molar-refractivity contribution in [1.82, 2.24) is 10.5 Å². The molecular weight excluding hydrogens is 144 g/mol. The first-order chi connectivity index (χ1) is 5.21. The summed E-state index contributed by atoms with van der Waals surface area (Å²) in [7, 11) is 0. The molecule has 0 atom stereocenters. The van der Waals surface area contributed by atoms with E-state index >= 15 is 0 Å². The Balaban J connectivity index is 2.28. The van der Waals surface area contributed by atoms with E-state index < -0.39 is 5.60 Å². The fourth-order valence-corrected chi connectivity index (χ4v) is 1.13. The second-order valence-corrected chi connectivity index (χ2v) is 2.96. The summed E-state index contributed by atoms with van der Waals surface area (Å²) in [6.07, 6.45) is 0. The molecule has 0 bridgehead atoms. The molecule has 0 aromatic carbocycles. The molecule has 2 N–H and O–H groups in total. The Bertz CT molecular complexity index is 265. The van der Waals surface area contributed by atoms with E-state index in [1.165, 1.54) is 0 Å². The van der Waals surface area contributed by atoms with Gasteiger partial charge >= 0.3 is 0 Å². The van der Waals surface area contributed by atoms with Gasteiger partial charge < -0.3 is 14.9 Å². The molecule has 0 unspecified atom stereocenters. The Morgan fingerprint density at radius 2 is 2.45 bits per heavy atom. The summed E-state index contributed by atoms with van der Waals surface area (Å²) in [4.78, 5) is 0. The summed E-state index contributed by atoms with van der Waals surface area (Å²) >= 11 is 0. The van der Waals surface area contributed by atoms with Crippen LogP contribution in [0.2, 0.25) is 0 Å². The molecule has 0 spiro atoms. The summed E-state index contributed by atoms with van der Waals surface area (Å²) in [6, 6.07) is 1.76. The third-order valence-corrected chi connectivity index (χ3v) is 1.94. The van der Waals surface area contributed by atoms with Crippen molar-refractivity contribution in [3.05, 3.63) is 17.5 Å². The second kappa shape index (κ2) is 2.06. The maximum atomic E-state index is 9.71. The molecule has 0 amide bonds. The van der Waals surface area contributed by atoms with Gasteiger partial charge in [-0.05, 0) is 6.92 Å². The molecule has 0 aliphatic carbocycles. The van der Waals surface area contributed by atoms with Crippen LogP contribution in [0, 0.1) is 6.92 Å². The van der Waals surface area contributed by atoms with E-state index in [1.807, 2.05) is 6.92 Å². The van der Waals surface area contributed by atoms with E-state index in [4.69, 9.17) is 4.52 Å². The number of aryl methyl sites for hydroxylation is 1. The minimum absolute atomic E-state index is 0.568. The van der Waals surface area contributed by atoms with E-state index in [0.29, 0.717) is 18.8 Å². The van der Waals surface area contributed by atoms with Crippen LogP contribution in [0.3, 0.4) is 0 Å². The minimum atomic E-state index is -0.780. The largest absolute Gasteiger partial charge is 0.381 e. The quantitative estimate of drug-likeness (QED) is 0.586. The standard InChI is InChI=1S/C7H10N2O2/c1-5-2-6(9-11-5)7(10)3-8-4-7/h2,8,10H,3-4H2,1H3. The first kappa shape index (κ1) is 6.82. The first-order valence-electron chi connectivity index (χ1n) is 3.58. The van der Waals surface area contributed by atoms with E-state index in [1.54, 1.807) is 6.07 Å². The predicted octanol–water partition coefficient (Wildman–Crippen LogP) is -0.226. The summed E-state index contributed by atoms with van der Waals surface area (Å²) in [5, 5.41) is 16.4. The zero-order chi connectivity index (χ0) is 7.90. The summed E-state index contributed by atoms with van der Waals surface area (Å²) in [5.74, 6) is 0.736. The van der Waals surface area contributed by atoms with Crippen molar-refractivity contribution in [3.8, 4) is 0 Å². The number of aliphatic hydroxyl groups is 1. The lowest BCUT2D eigenvalue weighted by Crippen LogP contribution is -2.56. The number of hydrogen-bond donors (Lipinski definition) is 2. The van der Waals surface area contributed by atoms with Crippen LogP contribution in [0.5, 0.6) is 0 Å². The molecule has 2 rings (SSSR count). The summed E-state index contributed by atoms with van der Waals surface area (Å²) < 4.78 is 4.85. The van der Waals surface area contributed by atoms with Gasteiger partial charge in [0.2, 0.25) is 0 Å². The second-order valence-electron chi connectivity index (χ2n) is 2.96.